The summed E-state index contributed by atoms with van der Waals surface area (Å²) >= 11 is 0. The lowest BCUT2D eigenvalue weighted by molar-refractivity contribution is 0.0735. The molecule has 182 valence electrons. The maximum Gasteiger partial charge on any atom is 0.254 e. The lowest BCUT2D eigenvalue weighted by atomic mass is 9.95. The van der Waals surface area contributed by atoms with Crippen LogP contribution in [-0.4, -0.2) is 39.4 Å². The molecule has 0 bridgehead atoms. The van der Waals surface area contributed by atoms with Crippen molar-refractivity contribution < 1.29 is 14.1 Å². The van der Waals surface area contributed by atoms with Gasteiger partial charge in [-0.1, -0.05) is 41.6 Å². The Bertz CT molecular complexity index is 1400. The predicted molar refractivity (Wildman–Crippen MR) is 136 cm³/mol. The summed E-state index contributed by atoms with van der Waals surface area (Å²) < 4.78 is 5.26. The van der Waals surface area contributed by atoms with Crippen molar-refractivity contribution in [2.75, 3.05) is 6.54 Å². The van der Waals surface area contributed by atoms with Crippen LogP contribution in [0.5, 0.6) is 0 Å². The number of hydrogen-bond acceptors (Lipinski definition) is 5. The maximum absolute atomic E-state index is 13.5. The number of aryl methyl sites for hydroxylation is 1. The highest BCUT2D eigenvalue weighted by molar-refractivity contribution is 6.01. The molecule has 36 heavy (non-hydrogen) atoms. The molecule has 3 heterocycles. The van der Waals surface area contributed by atoms with Gasteiger partial charge in [-0.15, -0.1) is 0 Å². The second-order valence-corrected chi connectivity index (χ2v) is 9.26. The van der Waals surface area contributed by atoms with E-state index in [0.717, 1.165) is 34.6 Å². The summed E-state index contributed by atoms with van der Waals surface area (Å²) in [4.78, 5) is 32.6. The SMILES string of the molecule is Cc1cc(CC(C)NC(=O)c2ccc3c(c2)CN(C(=O)c2ccncc2-c2ccccc2)CC3)on1. The van der Waals surface area contributed by atoms with Crippen LogP contribution >= 0.6 is 0 Å². The average Bonchev–Trinajstić information content (AvgIpc) is 3.32. The molecular formula is C29H28N4O3. The minimum Gasteiger partial charge on any atom is -0.361 e. The average molecular weight is 481 g/mol. The summed E-state index contributed by atoms with van der Waals surface area (Å²) in [7, 11) is 0. The van der Waals surface area contributed by atoms with Gasteiger partial charge in [0.05, 0.1) is 11.3 Å². The minimum atomic E-state index is -0.148. The number of nitrogens with zero attached hydrogens (tertiary/aromatic N) is 3. The first-order valence-electron chi connectivity index (χ1n) is 12.1. The van der Waals surface area contributed by atoms with Gasteiger partial charge in [0.25, 0.3) is 11.8 Å². The quantitative estimate of drug-likeness (QED) is 0.436. The number of carbonyl (C=O) groups excluding carboxylic acids is 2. The van der Waals surface area contributed by atoms with Crippen LogP contribution in [-0.2, 0) is 19.4 Å². The van der Waals surface area contributed by atoms with Crippen molar-refractivity contribution in [3.05, 3.63) is 107 Å². The molecule has 1 aliphatic heterocycles. The predicted octanol–water partition coefficient (Wildman–Crippen LogP) is 4.60. The highest BCUT2D eigenvalue weighted by atomic mass is 16.5. The third-order valence-corrected chi connectivity index (χ3v) is 6.47. The van der Waals surface area contributed by atoms with E-state index in [2.05, 4.69) is 15.5 Å². The number of rotatable bonds is 6. The molecule has 1 unspecified atom stereocenters. The number of carbonyl (C=O) groups is 2. The van der Waals surface area contributed by atoms with Gasteiger partial charge in [-0.2, -0.15) is 0 Å². The molecular weight excluding hydrogens is 452 g/mol. The van der Waals surface area contributed by atoms with Crippen molar-refractivity contribution in [3.63, 3.8) is 0 Å². The van der Waals surface area contributed by atoms with Crippen LogP contribution in [0.15, 0.2) is 77.6 Å². The molecule has 4 aromatic rings. The molecule has 0 saturated carbocycles. The number of fused-ring (bicyclic) bond motifs is 1. The molecule has 5 rings (SSSR count). The van der Waals surface area contributed by atoms with E-state index in [0.29, 0.717) is 30.6 Å². The first kappa shape index (κ1) is 23.5. The Labute approximate surface area is 210 Å². The Kier molecular flexibility index (Phi) is 6.62. The van der Waals surface area contributed by atoms with Crippen molar-refractivity contribution in [3.8, 4) is 11.1 Å². The topological polar surface area (TPSA) is 88.3 Å². The number of nitrogens with one attached hydrogen (secondary N) is 1. The van der Waals surface area contributed by atoms with Gasteiger partial charge < -0.3 is 14.7 Å². The molecule has 7 nitrogen and oxygen atoms in total. The third-order valence-electron chi connectivity index (χ3n) is 6.47. The van der Waals surface area contributed by atoms with Gasteiger partial charge in [-0.25, -0.2) is 0 Å². The second-order valence-electron chi connectivity index (χ2n) is 9.26. The van der Waals surface area contributed by atoms with Gasteiger partial charge in [0.2, 0.25) is 0 Å². The molecule has 0 spiro atoms. The normalized spacial score (nSPS) is 13.7. The van der Waals surface area contributed by atoms with Crippen LogP contribution in [0.4, 0.5) is 0 Å². The van der Waals surface area contributed by atoms with Crippen molar-refractivity contribution in [1.82, 2.24) is 20.4 Å². The van der Waals surface area contributed by atoms with E-state index in [1.165, 1.54) is 5.56 Å². The molecule has 2 amide bonds. The van der Waals surface area contributed by atoms with E-state index in [1.54, 1.807) is 18.5 Å². The summed E-state index contributed by atoms with van der Waals surface area (Å²) in [6, 6.07) is 19.1. The van der Waals surface area contributed by atoms with Gasteiger partial charge >= 0.3 is 0 Å². The van der Waals surface area contributed by atoms with Gasteiger partial charge in [0.1, 0.15) is 5.76 Å². The van der Waals surface area contributed by atoms with Crippen LogP contribution in [0, 0.1) is 6.92 Å². The highest BCUT2D eigenvalue weighted by Gasteiger charge is 2.25. The van der Waals surface area contributed by atoms with Crippen molar-refractivity contribution in [1.29, 1.82) is 0 Å². The maximum atomic E-state index is 13.5. The standard InChI is InChI=1S/C29H28N4O3/c1-19(14-25-15-20(2)32-36-25)31-28(34)23-9-8-21-11-13-33(18-24(21)16-23)29(35)26-10-12-30-17-27(26)22-6-4-3-5-7-22/h3-10,12,15-17,19H,11,13-14,18H2,1-2H3,(H,31,34). The summed E-state index contributed by atoms with van der Waals surface area (Å²) in [6.45, 7) is 4.89. The zero-order chi connectivity index (χ0) is 25.1. The van der Waals surface area contributed by atoms with E-state index in [-0.39, 0.29) is 17.9 Å². The van der Waals surface area contributed by atoms with E-state index >= 15 is 0 Å². The summed E-state index contributed by atoms with van der Waals surface area (Å²) in [6.07, 6.45) is 4.71. The van der Waals surface area contributed by atoms with Crippen LogP contribution in [0.25, 0.3) is 11.1 Å². The van der Waals surface area contributed by atoms with E-state index in [9.17, 15) is 9.59 Å². The molecule has 0 aliphatic carbocycles. The fraction of sp³-hybridized carbons (Fsp3) is 0.241. The number of pyridine rings is 1. The van der Waals surface area contributed by atoms with Crippen molar-refractivity contribution in [2.24, 2.45) is 0 Å². The lowest BCUT2D eigenvalue weighted by Gasteiger charge is -2.30. The van der Waals surface area contributed by atoms with Gasteiger partial charge in [0.15, 0.2) is 0 Å². The second kappa shape index (κ2) is 10.2. The van der Waals surface area contributed by atoms with Crippen LogP contribution < -0.4 is 5.32 Å². The van der Waals surface area contributed by atoms with E-state index in [1.807, 2.05) is 73.3 Å². The Hall–Kier alpha value is -4.26. The van der Waals surface area contributed by atoms with Crippen molar-refractivity contribution in [2.45, 2.75) is 39.3 Å². The van der Waals surface area contributed by atoms with Crippen LogP contribution in [0.3, 0.4) is 0 Å². The van der Waals surface area contributed by atoms with Gasteiger partial charge in [0, 0.05) is 55.1 Å². The van der Waals surface area contributed by atoms with Crippen LogP contribution in [0.1, 0.15) is 50.2 Å². The number of hydrogen-bond donors (Lipinski definition) is 1. The fourth-order valence-electron chi connectivity index (χ4n) is 4.64. The number of aromatic nitrogens is 2. The Morgan fingerprint density at radius 1 is 1.08 bits per heavy atom. The smallest absolute Gasteiger partial charge is 0.254 e. The summed E-state index contributed by atoms with van der Waals surface area (Å²) in [5.41, 5.74) is 5.97. The molecule has 2 aromatic heterocycles. The molecule has 7 heteroatoms. The zero-order valence-electron chi connectivity index (χ0n) is 20.4. The van der Waals surface area contributed by atoms with E-state index < -0.39 is 0 Å². The molecule has 1 aliphatic rings. The third kappa shape index (κ3) is 5.05. The molecule has 0 saturated heterocycles. The van der Waals surface area contributed by atoms with Gasteiger partial charge in [-0.05, 0) is 55.2 Å². The Morgan fingerprint density at radius 2 is 1.92 bits per heavy atom. The molecule has 0 fully saturated rings. The number of amides is 2. The molecule has 1 N–H and O–H groups in total. The first-order valence-corrected chi connectivity index (χ1v) is 12.1. The summed E-state index contributed by atoms with van der Waals surface area (Å²) in [5, 5.41) is 6.93. The first-order chi connectivity index (χ1) is 17.5. The minimum absolute atomic E-state index is 0.0345. The summed E-state index contributed by atoms with van der Waals surface area (Å²) in [5.74, 6) is 0.559. The Morgan fingerprint density at radius 3 is 2.69 bits per heavy atom. The zero-order valence-corrected chi connectivity index (χ0v) is 20.4. The lowest BCUT2D eigenvalue weighted by Crippen LogP contribution is -2.37. The Balaban J connectivity index is 1.30. The fourth-order valence-corrected chi connectivity index (χ4v) is 4.64. The van der Waals surface area contributed by atoms with Gasteiger partial charge in [-0.3, -0.25) is 14.6 Å². The van der Waals surface area contributed by atoms with Crippen LogP contribution in [0.2, 0.25) is 0 Å². The van der Waals surface area contributed by atoms with Crippen molar-refractivity contribution >= 4 is 11.8 Å². The highest BCUT2D eigenvalue weighted by Crippen LogP contribution is 2.27. The molecule has 0 radical (unpaired) electrons. The molecule has 2 aromatic carbocycles. The largest absolute Gasteiger partial charge is 0.361 e. The molecule has 1 atom stereocenters. The number of benzene rings is 2. The monoisotopic (exact) mass is 480 g/mol. The van der Waals surface area contributed by atoms with E-state index in [4.69, 9.17) is 4.52 Å².